The molecule has 0 radical (unpaired) electrons. The van der Waals surface area contributed by atoms with Crippen LogP contribution in [0.25, 0.3) is 0 Å². The van der Waals surface area contributed by atoms with Crippen LogP contribution in [-0.4, -0.2) is 37.1 Å². The lowest BCUT2D eigenvalue weighted by molar-refractivity contribution is 0.197. The number of hydrogen-bond donors (Lipinski definition) is 1. The minimum absolute atomic E-state index is 0.396. The van der Waals surface area contributed by atoms with Crippen LogP contribution >= 0.6 is 0 Å². The fraction of sp³-hybridized carbons (Fsp3) is 0.889. The summed E-state index contributed by atoms with van der Waals surface area (Å²) in [6.07, 6.45) is 1.81. The quantitative estimate of drug-likeness (QED) is 0.621. The van der Waals surface area contributed by atoms with E-state index < -0.39 is 0 Å². The minimum atomic E-state index is 0.396. The van der Waals surface area contributed by atoms with E-state index in [-0.39, 0.29) is 0 Å². The van der Waals surface area contributed by atoms with Crippen molar-refractivity contribution >= 4 is 0 Å². The van der Waals surface area contributed by atoms with Crippen molar-refractivity contribution < 1.29 is 0 Å². The molecule has 0 aromatic carbocycles. The van der Waals surface area contributed by atoms with Gasteiger partial charge in [0.25, 0.3) is 0 Å². The Kier molecular flexibility index (Phi) is 3.51. The van der Waals surface area contributed by atoms with Gasteiger partial charge in [-0.3, -0.25) is 4.90 Å². The van der Waals surface area contributed by atoms with Crippen LogP contribution in [0.3, 0.4) is 0 Å². The summed E-state index contributed by atoms with van der Waals surface area (Å²) in [6.45, 7) is 4.25. The third-order valence-electron chi connectivity index (χ3n) is 2.72. The summed E-state index contributed by atoms with van der Waals surface area (Å²) in [6, 6.07) is 3.23. The lowest BCUT2D eigenvalue weighted by atomic mass is 10.1. The average Bonchev–Trinajstić information content (AvgIpc) is 2.20. The zero-order chi connectivity index (χ0) is 8.97. The van der Waals surface area contributed by atoms with Crippen molar-refractivity contribution in [2.45, 2.75) is 31.8 Å². The summed E-state index contributed by atoms with van der Waals surface area (Å²) in [5.41, 5.74) is 0. The van der Waals surface area contributed by atoms with Gasteiger partial charge in [-0.05, 0) is 26.9 Å². The van der Waals surface area contributed by atoms with E-state index in [0.29, 0.717) is 18.5 Å². The molecule has 0 aromatic heterocycles. The van der Waals surface area contributed by atoms with E-state index in [0.717, 1.165) is 13.1 Å². The third kappa shape index (κ3) is 2.20. The highest BCUT2D eigenvalue weighted by Gasteiger charge is 2.21. The zero-order valence-electron chi connectivity index (χ0n) is 7.88. The molecule has 0 aromatic rings. The molecular formula is C9H17N3. The molecule has 0 amide bonds. The molecule has 68 valence electrons. The first-order valence-electron chi connectivity index (χ1n) is 4.55. The van der Waals surface area contributed by atoms with Crippen molar-refractivity contribution in [2.75, 3.05) is 20.1 Å². The first-order chi connectivity index (χ1) is 5.75. The first-order valence-corrected chi connectivity index (χ1v) is 4.55. The van der Waals surface area contributed by atoms with Gasteiger partial charge in [0.2, 0.25) is 0 Å². The van der Waals surface area contributed by atoms with Crippen LogP contribution in [0.15, 0.2) is 0 Å². The molecule has 2 unspecified atom stereocenters. The molecule has 1 saturated heterocycles. The Morgan fingerprint density at radius 2 is 2.42 bits per heavy atom. The van der Waals surface area contributed by atoms with E-state index in [2.05, 4.69) is 30.3 Å². The van der Waals surface area contributed by atoms with Crippen LogP contribution in [0.4, 0.5) is 0 Å². The zero-order valence-corrected chi connectivity index (χ0v) is 7.88. The van der Waals surface area contributed by atoms with Crippen LogP contribution in [0.1, 0.15) is 19.8 Å². The summed E-state index contributed by atoms with van der Waals surface area (Å²) in [7, 11) is 2.11. The lowest BCUT2D eigenvalue weighted by Crippen LogP contribution is -2.40. The molecule has 3 heteroatoms. The fourth-order valence-electron chi connectivity index (χ4n) is 1.61. The SMILES string of the molecule is CC1CCNCC(CC#N)N1C. The molecule has 0 aliphatic carbocycles. The minimum Gasteiger partial charge on any atom is -0.315 e. The smallest absolute Gasteiger partial charge is 0.0638 e. The van der Waals surface area contributed by atoms with Crippen LogP contribution in [-0.2, 0) is 0 Å². The molecule has 1 aliphatic rings. The predicted octanol–water partition coefficient (Wildman–Crippen LogP) is 0.582. The Morgan fingerprint density at radius 1 is 1.67 bits per heavy atom. The molecule has 1 aliphatic heterocycles. The second-order valence-corrected chi connectivity index (χ2v) is 3.52. The second-order valence-electron chi connectivity index (χ2n) is 3.52. The van der Waals surface area contributed by atoms with Crippen molar-refractivity contribution in [3.8, 4) is 6.07 Å². The van der Waals surface area contributed by atoms with Gasteiger partial charge in [0.15, 0.2) is 0 Å². The summed E-state index contributed by atoms with van der Waals surface area (Å²) in [4.78, 5) is 2.31. The molecule has 1 heterocycles. The average molecular weight is 167 g/mol. The normalized spacial score (nSPS) is 32.4. The van der Waals surface area contributed by atoms with Gasteiger partial charge in [-0.25, -0.2) is 0 Å². The Labute approximate surface area is 74.4 Å². The molecular weight excluding hydrogens is 150 g/mol. The molecule has 1 rings (SSSR count). The van der Waals surface area contributed by atoms with Crippen molar-refractivity contribution in [3.05, 3.63) is 0 Å². The molecule has 12 heavy (non-hydrogen) atoms. The van der Waals surface area contributed by atoms with Gasteiger partial charge in [0.05, 0.1) is 12.5 Å². The largest absolute Gasteiger partial charge is 0.315 e. The summed E-state index contributed by atoms with van der Waals surface area (Å²) >= 11 is 0. The van der Waals surface area contributed by atoms with E-state index in [1.54, 1.807) is 0 Å². The van der Waals surface area contributed by atoms with Gasteiger partial charge in [0, 0.05) is 18.6 Å². The van der Waals surface area contributed by atoms with Gasteiger partial charge in [0.1, 0.15) is 0 Å². The number of nitrogens with zero attached hydrogens (tertiary/aromatic N) is 2. The Balaban J connectivity index is 2.53. The van der Waals surface area contributed by atoms with Crippen LogP contribution in [0.5, 0.6) is 0 Å². The summed E-state index contributed by atoms with van der Waals surface area (Å²) in [5.74, 6) is 0. The number of likely N-dealkylation sites (N-methyl/N-ethyl adjacent to an activating group) is 1. The van der Waals surface area contributed by atoms with Crippen LogP contribution < -0.4 is 5.32 Å². The van der Waals surface area contributed by atoms with Crippen molar-refractivity contribution in [2.24, 2.45) is 0 Å². The third-order valence-corrected chi connectivity index (χ3v) is 2.72. The van der Waals surface area contributed by atoms with E-state index >= 15 is 0 Å². The molecule has 1 fully saturated rings. The summed E-state index contributed by atoms with van der Waals surface area (Å²) in [5, 5.41) is 12.0. The van der Waals surface area contributed by atoms with Crippen molar-refractivity contribution in [1.82, 2.24) is 10.2 Å². The van der Waals surface area contributed by atoms with E-state index in [4.69, 9.17) is 5.26 Å². The number of hydrogen-bond acceptors (Lipinski definition) is 3. The summed E-state index contributed by atoms with van der Waals surface area (Å²) < 4.78 is 0. The van der Waals surface area contributed by atoms with Gasteiger partial charge in [-0.1, -0.05) is 0 Å². The Morgan fingerprint density at radius 3 is 3.08 bits per heavy atom. The monoisotopic (exact) mass is 167 g/mol. The molecule has 0 saturated carbocycles. The van der Waals surface area contributed by atoms with Crippen LogP contribution in [0, 0.1) is 11.3 Å². The van der Waals surface area contributed by atoms with Crippen molar-refractivity contribution in [3.63, 3.8) is 0 Å². The fourth-order valence-corrected chi connectivity index (χ4v) is 1.61. The molecule has 1 N–H and O–H groups in total. The van der Waals surface area contributed by atoms with E-state index in [9.17, 15) is 0 Å². The topological polar surface area (TPSA) is 39.1 Å². The molecule has 0 bridgehead atoms. The van der Waals surface area contributed by atoms with Crippen molar-refractivity contribution in [1.29, 1.82) is 5.26 Å². The van der Waals surface area contributed by atoms with Gasteiger partial charge < -0.3 is 5.32 Å². The highest BCUT2D eigenvalue weighted by molar-refractivity contribution is 4.87. The molecule has 0 spiro atoms. The first kappa shape index (κ1) is 9.50. The van der Waals surface area contributed by atoms with Crippen LogP contribution in [0.2, 0.25) is 0 Å². The maximum Gasteiger partial charge on any atom is 0.0638 e. The molecule has 2 atom stereocenters. The maximum absolute atomic E-state index is 8.61. The van der Waals surface area contributed by atoms with Gasteiger partial charge in [-0.2, -0.15) is 5.26 Å². The lowest BCUT2D eigenvalue weighted by Gasteiger charge is -2.28. The second kappa shape index (κ2) is 4.44. The van der Waals surface area contributed by atoms with E-state index in [1.165, 1.54) is 6.42 Å². The highest BCUT2D eigenvalue weighted by Crippen LogP contribution is 2.10. The Bertz CT molecular complexity index is 173. The molecule has 3 nitrogen and oxygen atoms in total. The highest BCUT2D eigenvalue weighted by atomic mass is 15.2. The Hall–Kier alpha value is -0.590. The van der Waals surface area contributed by atoms with Gasteiger partial charge >= 0.3 is 0 Å². The maximum atomic E-state index is 8.61. The van der Waals surface area contributed by atoms with E-state index in [1.807, 2.05) is 0 Å². The standard InChI is InChI=1S/C9H17N3/c1-8-4-6-11-7-9(3-5-10)12(8)2/h8-9,11H,3-4,6-7H2,1-2H3. The predicted molar refractivity (Wildman–Crippen MR) is 48.7 cm³/mol. The van der Waals surface area contributed by atoms with Gasteiger partial charge in [-0.15, -0.1) is 0 Å². The number of nitriles is 1. The number of nitrogens with one attached hydrogen (secondary N) is 1. The number of rotatable bonds is 1.